The lowest BCUT2D eigenvalue weighted by atomic mass is 9.77. The lowest BCUT2D eigenvalue weighted by Crippen LogP contribution is -2.28. The predicted octanol–water partition coefficient (Wildman–Crippen LogP) is 2.40. The zero-order valence-electron chi connectivity index (χ0n) is 7.18. The Balaban J connectivity index is 1.86. The Kier molecular flexibility index (Phi) is 1.74. The minimum absolute atomic E-state index is 0.389. The Morgan fingerprint density at radius 2 is 1.91 bits per heavy atom. The van der Waals surface area contributed by atoms with Gasteiger partial charge in [-0.1, -0.05) is 13.3 Å². The lowest BCUT2D eigenvalue weighted by molar-refractivity contribution is -0.129. The van der Waals surface area contributed by atoms with Crippen LogP contribution < -0.4 is 0 Å². The van der Waals surface area contributed by atoms with E-state index in [4.69, 9.17) is 0 Å². The van der Waals surface area contributed by atoms with E-state index in [0.29, 0.717) is 17.6 Å². The Morgan fingerprint density at radius 3 is 2.27 bits per heavy atom. The zero-order valence-corrected chi connectivity index (χ0v) is 7.18. The van der Waals surface area contributed by atoms with Gasteiger partial charge < -0.3 is 0 Å². The normalized spacial score (nSPS) is 27.7. The molecule has 2 aliphatic carbocycles. The van der Waals surface area contributed by atoms with Gasteiger partial charge in [-0.05, 0) is 31.6 Å². The largest absolute Gasteiger partial charge is 0.299 e. The van der Waals surface area contributed by atoms with Crippen LogP contribution in [0.15, 0.2) is 0 Å². The molecule has 1 heteroatoms. The van der Waals surface area contributed by atoms with Crippen molar-refractivity contribution >= 4 is 5.78 Å². The molecule has 0 radical (unpaired) electrons. The summed E-state index contributed by atoms with van der Waals surface area (Å²) in [6, 6.07) is 0. The van der Waals surface area contributed by atoms with Crippen molar-refractivity contribution in [3.8, 4) is 0 Å². The highest BCUT2D eigenvalue weighted by Crippen LogP contribution is 2.40. The molecule has 2 aliphatic rings. The maximum absolute atomic E-state index is 11.6. The first-order chi connectivity index (χ1) is 5.29. The highest BCUT2D eigenvalue weighted by atomic mass is 16.1. The molecule has 0 spiro atoms. The average molecular weight is 152 g/mol. The van der Waals surface area contributed by atoms with Crippen LogP contribution in [-0.4, -0.2) is 5.78 Å². The molecule has 0 amide bonds. The van der Waals surface area contributed by atoms with Gasteiger partial charge in [0, 0.05) is 11.8 Å². The fraction of sp³-hybridized carbons (Fsp3) is 0.900. The molecule has 11 heavy (non-hydrogen) atoms. The van der Waals surface area contributed by atoms with Gasteiger partial charge in [-0.3, -0.25) is 4.79 Å². The SMILES string of the molecule is CC(C(=O)C1CCC1)C1CC1. The third kappa shape index (κ3) is 1.33. The summed E-state index contributed by atoms with van der Waals surface area (Å²) >= 11 is 0. The number of ketones is 1. The number of Topliss-reactive ketones (excluding diaryl/α,β-unsaturated/α-hetero) is 1. The maximum atomic E-state index is 11.6. The van der Waals surface area contributed by atoms with Crippen LogP contribution >= 0.6 is 0 Å². The van der Waals surface area contributed by atoms with E-state index in [1.807, 2.05) is 0 Å². The Bertz CT molecular complexity index is 166. The van der Waals surface area contributed by atoms with Crippen molar-refractivity contribution in [2.24, 2.45) is 17.8 Å². The first-order valence-electron chi connectivity index (χ1n) is 4.83. The summed E-state index contributed by atoms with van der Waals surface area (Å²) in [5.74, 6) is 2.19. The molecule has 0 heterocycles. The summed E-state index contributed by atoms with van der Waals surface area (Å²) in [5, 5.41) is 0. The van der Waals surface area contributed by atoms with Crippen molar-refractivity contribution in [3.63, 3.8) is 0 Å². The topological polar surface area (TPSA) is 17.1 Å². The van der Waals surface area contributed by atoms with Crippen LogP contribution in [0.5, 0.6) is 0 Å². The molecule has 2 rings (SSSR count). The van der Waals surface area contributed by atoms with Gasteiger partial charge >= 0.3 is 0 Å². The van der Waals surface area contributed by atoms with Crippen molar-refractivity contribution in [1.29, 1.82) is 0 Å². The van der Waals surface area contributed by atoms with Gasteiger partial charge in [-0.25, -0.2) is 0 Å². The van der Waals surface area contributed by atoms with E-state index in [1.54, 1.807) is 0 Å². The van der Waals surface area contributed by atoms with E-state index in [-0.39, 0.29) is 0 Å². The van der Waals surface area contributed by atoms with Gasteiger partial charge in [-0.2, -0.15) is 0 Å². The fourth-order valence-electron chi connectivity index (χ4n) is 1.89. The average Bonchev–Trinajstić information content (AvgIpc) is 2.62. The monoisotopic (exact) mass is 152 g/mol. The van der Waals surface area contributed by atoms with Gasteiger partial charge in [0.1, 0.15) is 5.78 Å². The predicted molar refractivity (Wildman–Crippen MR) is 44.2 cm³/mol. The minimum Gasteiger partial charge on any atom is -0.299 e. The van der Waals surface area contributed by atoms with E-state index in [9.17, 15) is 4.79 Å². The molecule has 1 unspecified atom stereocenters. The Morgan fingerprint density at radius 1 is 1.27 bits per heavy atom. The van der Waals surface area contributed by atoms with Crippen LogP contribution in [0.2, 0.25) is 0 Å². The molecule has 0 aromatic rings. The van der Waals surface area contributed by atoms with E-state index in [0.717, 1.165) is 5.92 Å². The third-order valence-corrected chi connectivity index (χ3v) is 3.29. The number of rotatable bonds is 3. The molecule has 1 nitrogen and oxygen atoms in total. The van der Waals surface area contributed by atoms with Gasteiger partial charge in [-0.15, -0.1) is 0 Å². The number of carbonyl (C=O) groups is 1. The summed E-state index contributed by atoms with van der Waals surface area (Å²) < 4.78 is 0. The van der Waals surface area contributed by atoms with Crippen molar-refractivity contribution in [2.75, 3.05) is 0 Å². The molecule has 0 saturated heterocycles. The van der Waals surface area contributed by atoms with Crippen molar-refractivity contribution in [3.05, 3.63) is 0 Å². The highest BCUT2D eigenvalue weighted by molar-refractivity contribution is 5.84. The molecule has 2 saturated carbocycles. The van der Waals surface area contributed by atoms with Gasteiger partial charge in [0.05, 0.1) is 0 Å². The fourth-order valence-corrected chi connectivity index (χ4v) is 1.89. The smallest absolute Gasteiger partial charge is 0.139 e. The second kappa shape index (κ2) is 2.62. The first kappa shape index (κ1) is 7.33. The van der Waals surface area contributed by atoms with Gasteiger partial charge in [0.25, 0.3) is 0 Å². The van der Waals surface area contributed by atoms with Crippen LogP contribution in [-0.2, 0) is 4.79 Å². The van der Waals surface area contributed by atoms with Crippen LogP contribution in [0.25, 0.3) is 0 Å². The Hall–Kier alpha value is -0.330. The minimum atomic E-state index is 0.389. The second-order valence-electron chi connectivity index (χ2n) is 4.16. The molecular formula is C10H16O. The number of hydrogen-bond acceptors (Lipinski definition) is 1. The Labute approximate surface area is 68.2 Å². The molecule has 0 aromatic heterocycles. The summed E-state index contributed by atoms with van der Waals surface area (Å²) in [6.07, 6.45) is 6.25. The highest BCUT2D eigenvalue weighted by Gasteiger charge is 2.37. The standard InChI is InChI=1S/C10H16O/c1-7(8-5-6-8)10(11)9-3-2-4-9/h7-9H,2-6H2,1H3. The number of carbonyl (C=O) groups excluding carboxylic acids is 1. The maximum Gasteiger partial charge on any atom is 0.139 e. The molecule has 1 atom stereocenters. The van der Waals surface area contributed by atoms with E-state index >= 15 is 0 Å². The number of hydrogen-bond donors (Lipinski definition) is 0. The first-order valence-corrected chi connectivity index (χ1v) is 4.83. The van der Waals surface area contributed by atoms with Crippen LogP contribution in [0.1, 0.15) is 39.0 Å². The molecule has 0 N–H and O–H groups in total. The lowest BCUT2D eigenvalue weighted by Gasteiger charge is -2.26. The van der Waals surface area contributed by atoms with E-state index in [2.05, 4.69) is 6.92 Å². The van der Waals surface area contributed by atoms with Crippen LogP contribution in [0.4, 0.5) is 0 Å². The van der Waals surface area contributed by atoms with Crippen LogP contribution in [0.3, 0.4) is 0 Å². The summed E-state index contributed by atoms with van der Waals surface area (Å²) in [7, 11) is 0. The molecule has 0 aromatic carbocycles. The summed E-state index contributed by atoms with van der Waals surface area (Å²) in [4.78, 5) is 11.6. The summed E-state index contributed by atoms with van der Waals surface area (Å²) in [5.41, 5.74) is 0. The van der Waals surface area contributed by atoms with Crippen molar-refractivity contribution < 1.29 is 4.79 Å². The molecule has 62 valence electrons. The van der Waals surface area contributed by atoms with Crippen molar-refractivity contribution in [2.45, 2.75) is 39.0 Å². The molecule has 2 fully saturated rings. The van der Waals surface area contributed by atoms with Gasteiger partial charge in [0.15, 0.2) is 0 Å². The van der Waals surface area contributed by atoms with E-state index in [1.165, 1.54) is 32.1 Å². The summed E-state index contributed by atoms with van der Waals surface area (Å²) in [6.45, 7) is 2.12. The van der Waals surface area contributed by atoms with Gasteiger partial charge in [0.2, 0.25) is 0 Å². The second-order valence-corrected chi connectivity index (χ2v) is 4.16. The quantitative estimate of drug-likeness (QED) is 0.607. The molecule has 0 bridgehead atoms. The molecule has 0 aliphatic heterocycles. The van der Waals surface area contributed by atoms with Crippen molar-refractivity contribution in [1.82, 2.24) is 0 Å². The zero-order chi connectivity index (χ0) is 7.84. The molecular weight excluding hydrogens is 136 g/mol. The van der Waals surface area contributed by atoms with Crippen LogP contribution in [0, 0.1) is 17.8 Å². The van der Waals surface area contributed by atoms with E-state index < -0.39 is 0 Å². The third-order valence-electron chi connectivity index (χ3n) is 3.29.